The Balaban J connectivity index is 1.56. The monoisotopic (exact) mass is 288 g/mol. The van der Waals surface area contributed by atoms with E-state index in [-0.39, 0.29) is 5.78 Å². The van der Waals surface area contributed by atoms with Gasteiger partial charge in [0.25, 0.3) is 0 Å². The summed E-state index contributed by atoms with van der Waals surface area (Å²) in [4.78, 5) is 12.0. The van der Waals surface area contributed by atoms with E-state index in [9.17, 15) is 4.79 Å². The summed E-state index contributed by atoms with van der Waals surface area (Å²) in [6, 6.07) is 18.4. The third-order valence-corrected chi connectivity index (χ3v) is 4.07. The highest BCUT2D eigenvalue weighted by Gasteiger charge is 2.09. The molecule has 110 valence electrons. The molecular weight excluding hydrogens is 268 g/mol. The largest absolute Gasteiger partial charge is 0.295 e. The minimum Gasteiger partial charge on any atom is -0.295 e. The second-order valence-corrected chi connectivity index (χ2v) is 5.74. The molecule has 1 nitrogen and oxygen atoms in total. The number of hydrogen-bond donors (Lipinski definition) is 0. The fraction of sp³-hybridized carbons (Fsp3) is 0.190. The van der Waals surface area contributed by atoms with Gasteiger partial charge in [-0.05, 0) is 40.8 Å². The highest BCUT2D eigenvalue weighted by molar-refractivity contribution is 5.93. The van der Waals surface area contributed by atoms with Gasteiger partial charge in [-0.15, -0.1) is 0 Å². The minimum atomic E-state index is 0.205. The summed E-state index contributed by atoms with van der Waals surface area (Å²) in [5.41, 5.74) is 1.07. The lowest BCUT2D eigenvalue weighted by atomic mass is 9.92. The van der Waals surface area contributed by atoms with Crippen molar-refractivity contribution < 1.29 is 4.79 Å². The van der Waals surface area contributed by atoms with Crippen LogP contribution in [0.1, 0.15) is 24.8 Å². The molecule has 0 aromatic heterocycles. The molecule has 0 fully saturated rings. The van der Waals surface area contributed by atoms with Crippen LogP contribution in [-0.2, 0) is 4.79 Å². The van der Waals surface area contributed by atoms with Gasteiger partial charge >= 0.3 is 0 Å². The zero-order chi connectivity index (χ0) is 15.2. The molecule has 3 rings (SSSR count). The molecule has 22 heavy (non-hydrogen) atoms. The Labute approximate surface area is 131 Å². The molecule has 1 heteroatoms. The number of hydrogen-bond acceptors (Lipinski definition) is 1. The van der Waals surface area contributed by atoms with Gasteiger partial charge in [0.15, 0.2) is 5.78 Å². The van der Waals surface area contributed by atoms with E-state index in [0.29, 0.717) is 12.3 Å². The van der Waals surface area contributed by atoms with Crippen LogP contribution in [0.25, 0.3) is 18.2 Å². The highest BCUT2D eigenvalue weighted by Crippen LogP contribution is 2.16. The summed E-state index contributed by atoms with van der Waals surface area (Å²) >= 11 is 0. The van der Waals surface area contributed by atoms with Crippen molar-refractivity contribution in [1.82, 2.24) is 0 Å². The molecule has 0 N–H and O–H groups in total. The Bertz CT molecular complexity index is 784. The van der Waals surface area contributed by atoms with Crippen LogP contribution >= 0.6 is 0 Å². The van der Waals surface area contributed by atoms with Gasteiger partial charge in [-0.1, -0.05) is 72.8 Å². The van der Waals surface area contributed by atoms with Crippen molar-refractivity contribution in [2.24, 2.45) is 5.92 Å². The average Bonchev–Trinajstić information content (AvgIpc) is 2.59. The van der Waals surface area contributed by atoms with Gasteiger partial charge in [-0.25, -0.2) is 0 Å². The standard InChI is InChI=1S/C21H20O/c22-21(14-11-17-6-2-1-3-7-17)15-12-18-10-13-19-8-4-5-9-20(19)16-18/h1-9,11,13-14,16,18H,10,12,15H2/b14-11+. The van der Waals surface area contributed by atoms with Crippen LogP contribution in [0.4, 0.5) is 0 Å². The Hall–Kier alpha value is -2.41. The van der Waals surface area contributed by atoms with E-state index in [1.165, 1.54) is 10.4 Å². The molecule has 1 unspecified atom stereocenters. The van der Waals surface area contributed by atoms with Gasteiger partial charge in [0.2, 0.25) is 0 Å². The zero-order valence-corrected chi connectivity index (χ0v) is 12.6. The molecule has 1 aliphatic carbocycles. The number of fused-ring (bicyclic) bond motifs is 1. The van der Waals surface area contributed by atoms with Crippen molar-refractivity contribution in [1.29, 1.82) is 0 Å². The molecule has 0 heterocycles. The second kappa shape index (κ2) is 7.04. The molecular formula is C21H20O. The minimum absolute atomic E-state index is 0.205. The quantitative estimate of drug-likeness (QED) is 0.771. The fourth-order valence-corrected chi connectivity index (χ4v) is 2.81. The van der Waals surface area contributed by atoms with E-state index < -0.39 is 0 Å². The van der Waals surface area contributed by atoms with Crippen molar-refractivity contribution in [3.8, 4) is 0 Å². The van der Waals surface area contributed by atoms with Crippen molar-refractivity contribution in [2.45, 2.75) is 19.3 Å². The second-order valence-electron chi connectivity index (χ2n) is 5.74. The fourth-order valence-electron chi connectivity index (χ4n) is 2.81. The van der Waals surface area contributed by atoms with Crippen LogP contribution in [0.3, 0.4) is 0 Å². The number of allylic oxidation sites excluding steroid dienone is 1. The first kappa shape index (κ1) is 14.5. The van der Waals surface area contributed by atoms with Crippen LogP contribution in [0.2, 0.25) is 0 Å². The lowest BCUT2D eigenvalue weighted by Gasteiger charge is -2.12. The van der Waals surface area contributed by atoms with Crippen molar-refractivity contribution >= 4 is 24.0 Å². The summed E-state index contributed by atoms with van der Waals surface area (Å²) in [5, 5.41) is 2.61. The molecule has 2 aromatic carbocycles. The predicted octanol–water partition coefficient (Wildman–Crippen LogP) is 3.33. The molecule has 0 spiro atoms. The maximum absolute atomic E-state index is 12.0. The normalized spacial score (nSPS) is 16.6. The number of benzene rings is 2. The summed E-state index contributed by atoms with van der Waals surface area (Å²) < 4.78 is 0. The number of rotatable bonds is 5. The van der Waals surface area contributed by atoms with Crippen molar-refractivity contribution in [3.63, 3.8) is 0 Å². The van der Waals surface area contributed by atoms with E-state index in [1.54, 1.807) is 6.08 Å². The summed E-state index contributed by atoms with van der Waals surface area (Å²) in [6.07, 6.45) is 10.8. The molecule has 2 aromatic rings. The van der Waals surface area contributed by atoms with Gasteiger partial charge in [0.1, 0.15) is 0 Å². The van der Waals surface area contributed by atoms with E-state index >= 15 is 0 Å². The molecule has 0 saturated heterocycles. The van der Waals surface area contributed by atoms with Crippen LogP contribution < -0.4 is 10.4 Å². The third kappa shape index (κ3) is 3.82. The lowest BCUT2D eigenvalue weighted by molar-refractivity contribution is -0.114. The van der Waals surface area contributed by atoms with Gasteiger partial charge < -0.3 is 0 Å². The first-order valence-electron chi connectivity index (χ1n) is 7.84. The molecule has 0 bridgehead atoms. The highest BCUT2D eigenvalue weighted by atomic mass is 16.1. The van der Waals surface area contributed by atoms with Crippen LogP contribution in [0.15, 0.2) is 60.7 Å². The van der Waals surface area contributed by atoms with Gasteiger partial charge in [0, 0.05) is 6.42 Å². The van der Waals surface area contributed by atoms with E-state index in [2.05, 4.69) is 36.4 Å². The maximum Gasteiger partial charge on any atom is 0.155 e. The van der Waals surface area contributed by atoms with Crippen LogP contribution in [-0.4, -0.2) is 5.78 Å². The summed E-state index contributed by atoms with van der Waals surface area (Å²) in [6.45, 7) is 0. The molecule has 1 atom stereocenters. The SMILES string of the molecule is O=C(/C=C/c1ccccc1)CCC1C=c2ccccc2=CC1. The van der Waals surface area contributed by atoms with Gasteiger partial charge in [0.05, 0.1) is 0 Å². The predicted molar refractivity (Wildman–Crippen MR) is 92.4 cm³/mol. The molecule has 1 aliphatic rings. The first-order valence-corrected chi connectivity index (χ1v) is 7.84. The van der Waals surface area contributed by atoms with E-state index in [1.807, 2.05) is 36.4 Å². The Kier molecular flexibility index (Phi) is 4.65. The van der Waals surface area contributed by atoms with Crippen LogP contribution in [0.5, 0.6) is 0 Å². The average molecular weight is 288 g/mol. The van der Waals surface area contributed by atoms with E-state index in [0.717, 1.165) is 18.4 Å². The smallest absolute Gasteiger partial charge is 0.155 e. The Morgan fingerprint density at radius 2 is 1.73 bits per heavy atom. The summed E-state index contributed by atoms with van der Waals surface area (Å²) in [7, 11) is 0. The van der Waals surface area contributed by atoms with Gasteiger partial charge in [-0.3, -0.25) is 4.79 Å². The first-order chi connectivity index (χ1) is 10.8. The lowest BCUT2D eigenvalue weighted by Crippen LogP contribution is -2.28. The Morgan fingerprint density at radius 3 is 2.55 bits per heavy atom. The van der Waals surface area contributed by atoms with Gasteiger partial charge in [-0.2, -0.15) is 0 Å². The van der Waals surface area contributed by atoms with Crippen LogP contribution in [0, 0.1) is 5.92 Å². The molecule has 0 amide bonds. The number of carbonyl (C=O) groups excluding carboxylic acids is 1. The zero-order valence-electron chi connectivity index (χ0n) is 12.6. The van der Waals surface area contributed by atoms with E-state index in [4.69, 9.17) is 0 Å². The number of ketones is 1. The molecule has 0 radical (unpaired) electrons. The number of carbonyl (C=O) groups is 1. The summed E-state index contributed by atoms with van der Waals surface area (Å²) in [5.74, 6) is 0.681. The van der Waals surface area contributed by atoms with Crippen molar-refractivity contribution in [2.75, 3.05) is 0 Å². The van der Waals surface area contributed by atoms with Crippen molar-refractivity contribution in [3.05, 3.63) is 76.7 Å². The topological polar surface area (TPSA) is 17.1 Å². The molecule has 0 aliphatic heterocycles. The maximum atomic E-state index is 12.0. The molecule has 0 saturated carbocycles. The third-order valence-electron chi connectivity index (χ3n) is 4.07. The Morgan fingerprint density at radius 1 is 1.00 bits per heavy atom.